The van der Waals surface area contributed by atoms with Crippen LogP contribution in [0.2, 0.25) is 0 Å². The maximum atomic E-state index is 13.4. The van der Waals surface area contributed by atoms with Crippen molar-refractivity contribution in [3.05, 3.63) is 23.5 Å². The predicted octanol–water partition coefficient (Wildman–Crippen LogP) is 4.69. The average molecular weight is 558 g/mol. The standard InChI is InChI=1S/C32H51N3O5/c1-5-6-15-33(16-7-19-40-32(2,3)4)29(36)13-17-34-23-26(24-8-9-28-25(21-24)14-20-39-28)22-27(34)12-18-35-30(37)10-11-31(35)38/h9,21,24,26-27H,5-8,10-20,22-23H2,1-4H3. The van der Waals surface area contributed by atoms with Gasteiger partial charge < -0.3 is 14.4 Å². The van der Waals surface area contributed by atoms with Crippen LogP contribution in [0.4, 0.5) is 0 Å². The van der Waals surface area contributed by atoms with Crippen LogP contribution in [0.25, 0.3) is 0 Å². The number of carbonyl (C=O) groups is 3. The van der Waals surface area contributed by atoms with Crippen LogP contribution >= 0.6 is 0 Å². The first kappa shape index (κ1) is 30.8. The summed E-state index contributed by atoms with van der Waals surface area (Å²) in [5, 5.41) is 0. The molecule has 0 aromatic rings. The summed E-state index contributed by atoms with van der Waals surface area (Å²) in [5.41, 5.74) is 1.18. The van der Waals surface area contributed by atoms with Gasteiger partial charge >= 0.3 is 0 Å². The minimum absolute atomic E-state index is 0.0424. The molecule has 0 aromatic heterocycles. The lowest BCUT2D eigenvalue weighted by atomic mass is 9.82. The summed E-state index contributed by atoms with van der Waals surface area (Å²) < 4.78 is 11.6. The maximum Gasteiger partial charge on any atom is 0.229 e. The van der Waals surface area contributed by atoms with Crippen LogP contribution in [0.1, 0.15) is 91.9 Å². The second-order valence-electron chi connectivity index (χ2n) is 12.9. The van der Waals surface area contributed by atoms with E-state index >= 15 is 0 Å². The monoisotopic (exact) mass is 557 g/mol. The van der Waals surface area contributed by atoms with E-state index in [0.29, 0.717) is 44.2 Å². The molecule has 0 saturated carbocycles. The molecule has 3 aliphatic heterocycles. The number of unbranched alkanes of at least 4 members (excludes halogenated alkanes) is 1. The van der Waals surface area contributed by atoms with E-state index in [1.165, 1.54) is 10.5 Å². The quantitative estimate of drug-likeness (QED) is 0.228. The number of allylic oxidation sites excluding steroid dienone is 3. The summed E-state index contributed by atoms with van der Waals surface area (Å²) in [5.74, 6) is 2.17. The van der Waals surface area contributed by atoms with E-state index in [0.717, 1.165) is 83.5 Å². The second kappa shape index (κ2) is 14.1. The van der Waals surface area contributed by atoms with E-state index < -0.39 is 0 Å². The summed E-state index contributed by atoms with van der Waals surface area (Å²) in [7, 11) is 0. The highest BCUT2D eigenvalue weighted by atomic mass is 16.5. The molecule has 0 spiro atoms. The predicted molar refractivity (Wildman–Crippen MR) is 155 cm³/mol. The highest BCUT2D eigenvalue weighted by molar-refractivity contribution is 6.01. The molecular weight excluding hydrogens is 506 g/mol. The molecule has 3 fully saturated rings. The van der Waals surface area contributed by atoms with Gasteiger partial charge in [0, 0.05) is 71.1 Å². The number of imide groups is 1. The SMILES string of the molecule is CCCCN(CCCOC(C)(C)C)C(=O)CCN1CC(C2C=C3CCOC3=CC2)CC1CCN1C(=O)CCC1=O. The fourth-order valence-corrected chi connectivity index (χ4v) is 6.54. The molecule has 8 nitrogen and oxygen atoms in total. The normalized spacial score (nSPS) is 25.2. The number of ether oxygens (including phenoxy) is 2. The van der Waals surface area contributed by atoms with Gasteiger partial charge in [0.15, 0.2) is 0 Å². The van der Waals surface area contributed by atoms with Crippen LogP contribution in [-0.2, 0) is 23.9 Å². The lowest BCUT2D eigenvalue weighted by Gasteiger charge is -2.28. The molecule has 3 amide bonds. The van der Waals surface area contributed by atoms with Crippen molar-refractivity contribution < 1.29 is 23.9 Å². The molecule has 4 aliphatic rings. The third-order valence-electron chi connectivity index (χ3n) is 8.80. The van der Waals surface area contributed by atoms with Gasteiger partial charge in [0.05, 0.1) is 12.2 Å². The molecule has 0 bridgehead atoms. The molecule has 224 valence electrons. The molecule has 3 unspecified atom stereocenters. The number of hydrogen-bond acceptors (Lipinski definition) is 6. The lowest BCUT2D eigenvalue weighted by molar-refractivity contribution is -0.138. The molecule has 3 saturated heterocycles. The smallest absolute Gasteiger partial charge is 0.229 e. The van der Waals surface area contributed by atoms with Gasteiger partial charge in [-0.3, -0.25) is 24.2 Å². The molecule has 4 rings (SSSR count). The van der Waals surface area contributed by atoms with Crippen molar-refractivity contribution >= 4 is 17.7 Å². The van der Waals surface area contributed by atoms with E-state index in [9.17, 15) is 14.4 Å². The third-order valence-corrected chi connectivity index (χ3v) is 8.80. The van der Waals surface area contributed by atoms with Gasteiger partial charge in [-0.05, 0) is 76.4 Å². The minimum atomic E-state index is -0.166. The van der Waals surface area contributed by atoms with E-state index in [1.54, 1.807) is 0 Å². The molecule has 0 aromatic carbocycles. The topological polar surface area (TPSA) is 79.4 Å². The summed E-state index contributed by atoms with van der Waals surface area (Å²) in [6, 6.07) is 0.270. The number of fused-ring (bicyclic) bond motifs is 1. The van der Waals surface area contributed by atoms with Crippen molar-refractivity contribution in [1.82, 2.24) is 14.7 Å². The Morgan fingerprint density at radius 3 is 2.58 bits per heavy atom. The summed E-state index contributed by atoms with van der Waals surface area (Å²) in [4.78, 5) is 43.8. The summed E-state index contributed by atoms with van der Waals surface area (Å²) in [6.45, 7) is 13.4. The van der Waals surface area contributed by atoms with Gasteiger partial charge in [0.2, 0.25) is 17.7 Å². The van der Waals surface area contributed by atoms with Crippen molar-refractivity contribution in [3.63, 3.8) is 0 Å². The molecule has 8 heteroatoms. The van der Waals surface area contributed by atoms with Crippen molar-refractivity contribution in [2.24, 2.45) is 11.8 Å². The molecule has 0 radical (unpaired) electrons. The molecule has 1 aliphatic carbocycles. The number of amides is 3. The average Bonchev–Trinajstić information content (AvgIpc) is 3.63. The highest BCUT2D eigenvalue weighted by Crippen LogP contribution is 2.39. The van der Waals surface area contributed by atoms with Crippen molar-refractivity contribution in [2.75, 3.05) is 45.9 Å². The Morgan fingerprint density at radius 1 is 1.10 bits per heavy atom. The van der Waals surface area contributed by atoms with E-state index in [-0.39, 0.29) is 29.4 Å². The van der Waals surface area contributed by atoms with E-state index in [2.05, 4.69) is 44.7 Å². The van der Waals surface area contributed by atoms with Gasteiger partial charge in [0.25, 0.3) is 0 Å². The Kier molecular flexibility index (Phi) is 10.9. The molecule has 3 heterocycles. The number of nitrogens with zero attached hydrogens (tertiary/aromatic N) is 3. The first-order valence-corrected chi connectivity index (χ1v) is 15.7. The first-order chi connectivity index (χ1) is 19.1. The molecule has 0 N–H and O–H groups in total. The summed E-state index contributed by atoms with van der Waals surface area (Å²) in [6.07, 6.45) is 12.6. The van der Waals surface area contributed by atoms with Crippen molar-refractivity contribution in [2.45, 2.75) is 104 Å². The number of rotatable bonds is 14. The zero-order valence-electron chi connectivity index (χ0n) is 25.3. The number of likely N-dealkylation sites (tertiary alicyclic amines) is 2. The fourth-order valence-electron chi connectivity index (χ4n) is 6.54. The lowest BCUT2D eigenvalue weighted by Crippen LogP contribution is -2.39. The molecule has 40 heavy (non-hydrogen) atoms. The van der Waals surface area contributed by atoms with Gasteiger partial charge in [-0.2, -0.15) is 0 Å². The molecular formula is C32H51N3O5. The van der Waals surface area contributed by atoms with Crippen molar-refractivity contribution in [1.29, 1.82) is 0 Å². The maximum absolute atomic E-state index is 13.4. The minimum Gasteiger partial charge on any atom is -0.493 e. The zero-order chi connectivity index (χ0) is 28.7. The Morgan fingerprint density at radius 2 is 1.85 bits per heavy atom. The Balaban J connectivity index is 1.35. The van der Waals surface area contributed by atoms with Crippen LogP contribution in [0.15, 0.2) is 23.5 Å². The fraction of sp³-hybridized carbons (Fsp3) is 0.781. The van der Waals surface area contributed by atoms with Crippen LogP contribution in [0.3, 0.4) is 0 Å². The largest absolute Gasteiger partial charge is 0.493 e. The van der Waals surface area contributed by atoms with Gasteiger partial charge in [0.1, 0.15) is 5.76 Å². The van der Waals surface area contributed by atoms with Crippen LogP contribution < -0.4 is 0 Å². The Labute approximate surface area is 241 Å². The van der Waals surface area contributed by atoms with Gasteiger partial charge in [-0.15, -0.1) is 0 Å². The third kappa shape index (κ3) is 8.41. The number of carbonyl (C=O) groups excluding carboxylic acids is 3. The van der Waals surface area contributed by atoms with Gasteiger partial charge in [-0.25, -0.2) is 0 Å². The zero-order valence-corrected chi connectivity index (χ0v) is 25.3. The van der Waals surface area contributed by atoms with Crippen LogP contribution in [0.5, 0.6) is 0 Å². The Hall–Kier alpha value is -2.19. The van der Waals surface area contributed by atoms with E-state index in [1.807, 2.05) is 4.90 Å². The first-order valence-electron chi connectivity index (χ1n) is 15.7. The highest BCUT2D eigenvalue weighted by Gasteiger charge is 2.38. The molecule has 3 atom stereocenters. The van der Waals surface area contributed by atoms with Crippen LogP contribution in [0, 0.1) is 11.8 Å². The number of hydrogen-bond donors (Lipinski definition) is 0. The Bertz CT molecular complexity index is 952. The van der Waals surface area contributed by atoms with Crippen molar-refractivity contribution in [3.8, 4) is 0 Å². The summed E-state index contributed by atoms with van der Waals surface area (Å²) >= 11 is 0. The van der Waals surface area contributed by atoms with Crippen LogP contribution in [-0.4, -0.2) is 90.0 Å². The second-order valence-corrected chi connectivity index (χ2v) is 12.9. The van der Waals surface area contributed by atoms with E-state index in [4.69, 9.17) is 9.47 Å². The van der Waals surface area contributed by atoms with Gasteiger partial charge in [-0.1, -0.05) is 19.4 Å².